The van der Waals surface area contributed by atoms with Crippen molar-refractivity contribution >= 4 is 46.3 Å². The van der Waals surface area contributed by atoms with Crippen LogP contribution in [0.2, 0.25) is 10.0 Å². The fraction of sp³-hybridized carbons (Fsp3) is 0.0714. The molecule has 0 aromatic heterocycles. The quantitative estimate of drug-likeness (QED) is 0.713. The van der Waals surface area contributed by atoms with Gasteiger partial charge in [0.25, 0.3) is 0 Å². The number of rotatable bonds is 2. The van der Waals surface area contributed by atoms with Gasteiger partial charge in [-0.25, -0.2) is 4.79 Å². The van der Waals surface area contributed by atoms with Gasteiger partial charge in [0.05, 0.1) is 10.7 Å². The summed E-state index contributed by atoms with van der Waals surface area (Å²) in [6.45, 7) is 1.88. The van der Waals surface area contributed by atoms with Crippen LogP contribution < -0.4 is 16.4 Å². The summed E-state index contributed by atoms with van der Waals surface area (Å²) >= 11 is 11.8. The summed E-state index contributed by atoms with van der Waals surface area (Å²) in [5.74, 6) is 0. The van der Waals surface area contributed by atoms with Crippen molar-refractivity contribution in [3.05, 3.63) is 52.0 Å². The molecule has 20 heavy (non-hydrogen) atoms. The number of benzene rings is 2. The molecule has 0 atom stereocenters. The number of urea groups is 1. The minimum Gasteiger partial charge on any atom is -0.399 e. The monoisotopic (exact) mass is 309 g/mol. The first kappa shape index (κ1) is 14.5. The van der Waals surface area contributed by atoms with Crippen LogP contribution in [0.3, 0.4) is 0 Å². The molecular formula is C14H13Cl2N3O. The number of nitrogens with two attached hydrogens (primary N) is 1. The van der Waals surface area contributed by atoms with E-state index in [-0.39, 0.29) is 0 Å². The van der Waals surface area contributed by atoms with E-state index >= 15 is 0 Å². The first-order valence-corrected chi connectivity index (χ1v) is 6.60. The van der Waals surface area contributed by atoms with Gasteiger partial charge in [0, 0.05) is 16.4 Å². The highest BCUT2D eigenvalue weighted by Crippen LogP contribution is 2.26. The number of anilines is 3. The van der Waals surface area contributed by atoms with E-state index < -0.39 is 6.03 Å². The van der Waals surface area contributed by atoms with Crippen molar-refractivity contribution < 1.29 is 4.79 Å². The van der Waals surface area contributed by atoms with Crippen LogP contribution >= 0.6 is 23.2 Å². The lowest BCUT2D eigenvalue weighted by molar-refractivity contribution is 0.262. The molecule has 2 amide bonds. The maximum Gasteiger partial charge on any atom is 0.323 e. The number of carbonyl (C=O) groups is 1. The lowest BCUT2D eigenvalue weighted by Gasteiger charge is -2.11. The number of nitrogens with one attached hydrogen (secondary N) is 2. The lowest BCUT2D eigenvalue weighted by Crippen LogP contribution is -2.20. The van der Waals surface area contributed by atoms with Crippen LogP contribution in [0.4, 0.5) is 21.9 Å². The van der Waals surface area contributed by atoms with Crippen molar-refractivity contribution in [3.8, 4) is 0 Å². The van der Waals surface area contributed by atoms with Gasteiger partial charge in [-0.3, -0.25) is 0 Å². The van der Waals surface area contributed by atoms with Crippen LogP contribution in [-0.2, 0) is 0 Å². The van der Waals surface area contributed by atoms with Gasteiger partial charge in [0.1, 0.15) is 0 Å². The van der Waals surface area contributed by atoms with Crippen molar-refractivity contribution in [1.82, 2.24) is 0 Å². The second kappa shape index (κ2) is 6.03. The maximum atomic E-state index is 11.9. The van der Waals surface area contributed by atoms with Gasteiger partial charge in [-0.1, -0.05) is 29.3 Å². The SMILES string of the molecule is Cc1ccc(N)cc1NC(=O)Nc1cc(Cl)ccc1Cl. The van der Waals surface area contributed by atoms with Crippen LogP contribution in [0.25, 0.3) is 0 Å². The largest absolute Gasteiger partial charge is 0.399 e. The average molecular weight is 310 g/mol. The van der Waals surface area contributed by atoms with Crippen molar-refractivity contribution in [2.45, 2.75) is 6.92 Å². The Morgan fingerprint density at radius 1 is 1.05 bits per heavy atom. The molecule has 0 aliphatic carbocycles. The summed E-state index contributed by atoms with van der Waals surface area (Å²) in [6.07, 6.45) is 0. The Labute approximate surface area is 126 Å². The molecule has 2 aromatic carbocycles. The molecule has 0 bridgehead atoms. The molecule has 104 valence electrons. The number of halogens is 2. The third-order valence-corrected chi connectivity index (χ3v) is 3.25. The smallest absolute Gasteiger partial charge is 0.323 e. The highest BCUT2D eigenvalue weighted by molar-refractivity contribution is 6.35. The predicted molar refractivity (Wildman–Crippen MR) is 84.7 cm³/mol. The van der Waals surface area contributed by atoms with E-state index in [9.17, 15) is 4.79 Å². The molecule has 0 fully saturated rings. The van der Waals surface area contributed by atoms with Crippen LogP contribution in [-0.4, -0.2) is 6.03 Å². The Bertz CT molecular complexity index is 603. The van der Waals surface area contributed by atoms with Gasteiger partial charge in [-0.2, -0.15) is 0 Å². The second-order valence-electron chi connectivity index (χ2n) is 4.28. The third-order valence-electron chi connectivity index (χ3n) is 2.69. The molecule has 6 heteroatoms. The van der Waals surface area contributed by atoms with E-state index in [0.717, 1.165) is 5.56 Å². The number of amides is 2. The van der Waals surface area contributed by atoms with E-state index in [2.05, 4.69) is 10.6 Å². The zero-order chi connectivity index (χ0) is 14.7. The summed E-state index contributed by atoms with van der Waals surface area (Å²) in [7, 11) is 0. The summed E-state index contributed by atoms with van der Waals surface area (Å²) < 4.78 is 0. The molecule has 0 saturated carbocycles. The van der Waals surface area contributed by atoms with Crippen molar-refractivity contribution in [3.63, 3.8) is 0 Å². The fourth-order valence-electron chi connectivity index (χ4n) is 1.64. The Kier molecular flexibility index (Phi) is 4.37. The van der Waals surface area contributed by atoms with E-state index in [4.69, 9.17) is 28.9 Å². The van der Waals surface area contributed by atoms with Crippen molar-refractivity contribution in [2.75, 3.05) is 16.4 Å². The van der Waals surface area contributed by atoms with E-state index in [1.807, 2.05) is 13.0 Å². The van der Waals surface area contributed by atoms with Crippen LogP contribution in [0.5, 0.6) is 0 Å². The van der Waals surface area contributed by atoms with Crippen LogP contribution in [0.1, 0.15) is 5.56 Å². The summed E-state index contributed by atoms with van der Waals surface area (Å²) in [5.41, 5.74) is 8.26. The first-order valence-electron chi connectivity index (χ1n) is 5.85. The topological polar surface area (TPSA) is 67.1 Å². The molecule has 0 radical (unpaired) electrons. The summed E-state index contributed by atoms with van der Waals surface area (Å²) in [5, 5.41) is 6.25. The lowest BCUT2D eigenvalue weighted by atomic mass is 10.2. The molecule has 0 spiro atoms. The molecule has 4 nitrogen and oxygen atoms in total. The van der Waals surface area contributed by atoms with Crippen LogP contribution in [0, 0.1) is 6.92 Å². The number of carbonyl (C=O) groups excluding carboxylic acids is 1. The van der Waals surface area contributed by atoms with Gasteiger partial charge in [-0.05, 0) is 42.8 Å². The third kappa shape index (κ3) is 3.56. The maximum absolute atomic E-state index is 11.9. The molecular weight excluding hydrogens is 297 g/mol. The number of hydrogen-bond acceptors (Lipinski definition) is 2. The highest BCUT2D eigenvalue weighted by Gasteiger charge is 2.08. The number of hydrogen-bond donors (Lipinski definition) is 3. The Morgan fingerprint density at radius 2 is 1.75 bits per heavy atom. The predicted octanol–water partition coefficient (Wildman–Crippen LogP) is 4.53. The van der Waals surface area contributed by atoms with Gasteiger partial charge >= 0.3 is 6.03 Å². The summed E-state index contributed by atoms with van der Waals surface area (Å²) in [4.78, 5) is 11.9. The molecule has 0 unspecified atom stereocenters. The molecule has 0 saturated heterocycles. The molecule has 4 N–H and O–H groups in total. The number of aryl methyl sites for hydroxylation is 1. The second-order valence-corrected chi connectivity index (χ2v) is 5.12. The van der Waals surface area contributed by atoms with Gasteiger partial charge in [0.15, 0.2) is 0 Å². The van der Waals surface area contributed by atoms with E-state index in [0.29, 0.717) is 27.1 Å². The zero-order valence-corrected chi connectivity index (χ0v) is 12.2. The Hall–Kier alpha value is -1.91. The van der Waals surface area contributed by atoms with Crippen LogP contribution in [0.15, 0.2) is 36.4 Å². The molecule has 2 rings (SSSR count). The first-order chi connectivity index (χ1) is 9.45. The molecule has 2 aromatic rings. The van der Waals surface area contributed by atoms with E-state index in [1.165, 1.54) is 0 Å². The van der Waals surface area contributed by atoms with E-state index in [1.54, 1.807) is 30.3 Å². The van der Waals surface area contributed by atoms with Gasteiger partial charge in [-0.15, -0.1) is 0 Å². The fourth-order valence-corrected chi connectivity index (χ4v) is 1.98. The van der Waals surface area contributed by atoms with Gasteiger partial charge < -0.3 is 16.4 Å². The highest BCUT2D eigenvalue weighted by atomic mass is 35.5. The minimum absolute atomic E-state index is 0.411. The van der Waals surface area contributed by atoms with Crippen molar-refractivity contribution in [2.24, 2.45) is 0 Å². The Morgan fingerprint density at radius 3 is 2.50 bits per heavy atom. The molecule has 0 aliphatic rings. The standard InChI is InChI=1S/C14H13Cl2N3O/c1-8-2-4-10(17)7-12(8)18-14(20)19-13-6-9(15)3-5-11(13)16/h2-7H,17H2,1H3,(H2,18,19,20). The van der Waals surface area contributed by atoms with Gasteiger partial charge in [0.2, 0.25) is 0 Å². The minimum atomic E-state index is -0.414. The van der Waals surface area contributed by atoms with Crippen molar-refractivity contribution in [1.29, 1.82) is 0 Å². The Balaban J connectivity index is 2.13. The zero-order valence-electron chi connectivity index (χ0n) is 10.7. The molecule has 0 aliphatic heterocycles. The average Bonchev–Trinajstić information content (AvgIpc) is 2.38. The molecule has 0 heterocycles. The summed E-state index contributed by atoms with van der Waals surface area (Å²) in [6, 6.07) is 9.72. The number of nitrogen functional groups attached to an aromatic ring is 1. The normalized spacial score (nSPS) is 10.2.